The second-order valence-corrected chi connectivity index (χ2v) is 76.1. The van der Waals surface area contributed by atoms with Gasteiger partial charge in [-0.05, 0) is 6.92 Å². The van der Waals surface area contributed by atoms with Gasteiger partial charge in [-0.15, -0.1) is 0 Å². The third-order valence-electron chi connectivity index (χ3n) is 0.398. The van der Waals surface area contributed by atoms with Crippen LogP contribution in [0.3, 0.4) is 0 Å². The molecule has 0 bridgehead atoms. The Morgan fingerprint density at radius 1 is 1.17 bits per heavy atom. The Kier molecular flexibility index (Phi) is 7.62. The number of hydrogen-bond donors (Lipinski definition) is 0. The van der Waals surface area contributed by atoms with Crippen LogP contribution in [-0.2, 0) is 10.1 Å². The molecule has 0 nitrogen and oxygen atoms in total. The summed E-state index contributed by atoms with van der Waals surface area (Å²) >= 11 is 2.61. The first-order valence-corrected chi connectivity index (χ1v) is 27.1. The van der Waals surface area contributed by atoms with E-state index in [1.807, 2.05) is 6.26 Å². The molecule has 0 heterocycles. The Hall–Kier alpha value is 3.39. The second-order valence-electron chi connectivity index (χ2n) is 1.80. The molecule has 1 unspecified atom stereocenters. The maximum absolute atomic E-state index is 5.49. The van der Waals surface area contributed by atoms with Crippen LogP contribution in [0.4, 0.5) is 0 Å². The van der Waals surface area contributed by atoms with Gasteiger partial charge in [0.15, 0.2) is 10.7 Å². The summed E-state index contributed by atoms with van der Waals surface area (Å²) in [6.45, 7) is 2.08. The van der Waals surface area contributed by atoms with E-state index in [-0.39, 0.29) is 10.1 Å². The molecule has 80 valence electrons. The van der Waals surface area contributed by atoms with E-state index in [1.54, 1.807) is 0 Å². The molecule has 0 rings (SSSR count). The van der Waals surface area contributed by atoms with Crippen molar-refractivity contribution in [2.24, 2.45) is 0 Å². The summed E-state index contributed by atoms with van der Waals surface area (Å²) in [5.41, 5.74) is 0. The van der Waals surface area contributed by atoms with Gasteiger partial charge in [0.1, 0.15) is 12.0 Å². The maximum atomic E-state index is 5.49. The quantitative estimate of drug-likeness (QED) is 0.345. The third-order valence-corrected chi connectivity index (χ3v) is 1.85. The van der Waals surface area contributed by atoms with E-state index in [1.165, 1.54) is 0 Å². The zero-order valence-electron chi connectivity index (χ0n) is 6.21. The van der Waals surface area contributed by atoms with Gasteiger partial charge in [-0.1, -0.05) is 0 Å². The Bertz CT molecular complexity index is 124. The summed E-state index contributed by atoms with van der Waals surface area (Å²) in [6, 6.07) is 0. The molecule has 1 atom stereocenters. The Balaban J connectivity index is 0. The van der Waals surface area contributed by atoms with Crippen LogP contribution in [-0.4, -0.2) is 20.0 Å². The van der Waals surface area contributed by atoms with Crippen molar-refractivity contribution in [1.29, 1.82) is 0 Å². The topological polar surface area (TPSA) is 0 Å². The van der Waals surface area contributed by atoms with Crippen LogP contribution in [0.15, 0.2) is 0 Å². The first kappa shape index (κ1) is 17.8. The molecule has 0 saturated heterocycles. The van der Waals surface area contributed by atoms with Crippen molar-refractivity contribution in [1.82, 2.24) is 0 Å². The van der Waals surface area contributed by atoms with Crippen LogP contribution in [0, 0.1) is 0 Å². The average Bonchev–Trinajstić information content (AvgIpc) is 1.56. The molecule has 9 heteroatoms. The molecule has 0 fully saturated rings. The first-order valence-electron chi connectivity index (χ1n) is 2.57. The molecule has 0 aliphatic heterocycles. The molecule has 0 N–H and O–H groups in total. The summed E-state index contributed by atoms with van der Waals surface area (Å²) in [4.78, 5) is 0. The predicted molar refractivity (Wildman–Crippen MR) is 73.6 cm³/mol. The van der Waals surface area contributed by atoms with Gasteiger partial charge in [-0.3, -0.25) is 0 Å². The van der Waals surface area contributed by atoms with Gasteiger partial charge in [0.2, 0.25) is 0 Å². The number of halogens is 7. The minimum absolute atomic E-state index is 0.150. The van der Waals surface area contributed by atoms with Gasteiger partial charge in [0.25, 0.3) is 0 Å². The van der Waals surface area contributed by atoms with Crippen LogP contribution < -0.4 is 0 Å². The SMILES string of the molecule is CC[S+](C)Cl.[Cl][Sb-]([Cl])([Cl])([Cl])([Cl])[Br]. The van der Waals surface area contributed by atoms with Crippen molar-refractivity contribution >= 4 is 85.6 Å². The minimum atomic E-state index is -5.08. The monoisotopic (exact) mass is 486 g/mol. The van der Waals surface area contributed by atoms with E-state index in [9.17, 15) is 0 Å². The van der Waals surface area contributed by atoms with Gasteiger partial charge < -0.3 is 0 Å². The van der Waals surface area contributed by atoms with E-state index in [0.717, 1.165) is 5.75 Å². The fourth-order valence-corrected chi connectivity index (χ4v) is 0. The summed E-state index contributed by atoms with van der Waals surface area (Å²) < 4.78 is 0. The van der Waals surface area contributed by atoms with E-state index in [2.05, 4.69) is 19.5 Å². The van der Waals surface area contributed by atoms with E-state index in [4.69, 9.17) is 54.8 Å². The van der Waals surface area contributed by atoms with Gasteiger partial charge in [-0.2, -0.15) is 0 Å². The second kappa shape index (κ2) is 5.15. The number of hydrogen-bond acceptors (Lipinski definition) is 0. The third kappa shape index (κ3) is 70.8. The van der Waals surface area contributed by atoms with Crippen LogP contribution in [0.25, 0.3) is 0 Å². The molecular formula is C3H8BrCl6SSb. The fourth-order valence-electron chi connectivity index (χ4n) is 0. The molecule has 0 radical (unpaired) electrons. The van der Waals surface area contributed by atoms with E-state index >= 15 is 0 Å². The Morgan fingerprint density at radius 2 is 1.25 bits per heavy atom. The van der Waals surface area contributed by atoms with Gasteiger partial charge in [0.05, 0.1) is 10.1 Å². The van der Waals surface area contributed by atoms with Crippen molar-refractivity contribution < 1.29 is 0 Å². The van der Waals surface area contributed by atoms with Gasteiger partial charge in [-0.25, -0.2) is 0 Å². The Morgan fingerprint density at radius 3 is 1.25 bits per heavy atom. The molecule has 0 aliphatic carbocycles. The zero-order chi connectivity index (χ0) is 10.7. The van der Waals surface area contributed by atoms with Crippen LogP contribution in [0.5, 0.6) is 0 Å². The summed E-state index contributed by atoms with van der Waals surface area (Å²) in [5.74, 6) is 1.10. The molecule has 0 aromatic carbocycles. The molecule has 0 amide bonds. The first-order chi connectivity index (χ1) is 4.72. The van der Waals surface area contributed by atoms with Crippen molar-refractivity contribution in [3.8, 4) is 0 Å². The van der Waals surface area contributed by atoms with Crippen LogP contribution in [0.1, 0.15) is 6.92 Å². The van der Waals surface area contributed by atoms with Crippen LogP contribution in [0.2, 0.25) is 0 Å². The fraction of sp³-hybridized carbons (Fsp3) is 1.00. The van der Waals surface area contributed by atoms with E-state index < -0.39 is 8.03 Å². The van der Waals surface area contributed by atoms with Crippen molar-refractivity contribution in [2.45, 2.75) is 6.92 Å². The Labute approximate surface area is 103 Å². The van der Waals surface area contributed by atoms with Crippen molar-refractivity contribution in [2.75, 3.05) is 12.0 Å². The predicted octanol–water partition coefficient (Wildman–Crippen LogP) is 5.32. The van der Waals surface area contributed by atoms with Crippen LogP contribution >= 0.6 is 67.4 Å². The van der Waals surface area contributed by atoms with Gasteiger partial charge >= 0.3 is 64.8 Å². The standard InChI is InChI=1S/C3H8ClS.BrH.5ClH.Sb/c1-3-5(2)4;;;;;;;/h3H2,1-2H3;6*1H;/q+1;;;;;;;+5/p-6. The molecular weight excluding hydrogens is 482 g/mol. The average molecular weight is 491 g/mol. The number of rotatable bonds is 1. The van der Waals surface area contributed by atoms with Crippen molar-refractivity contribution in [3.63, 3.8) is 0 Å². The molecule has 12 heavy (non-hydrogen) atoms. The van der Waals surface area contributed by atoms with Gasteiger partial charge in [0, 0.05) is 0 Å². The molecule has 0 saturated carbocycles. The molecule has 0 aliphatic rings. The van der Waals surface area contributed by atoms with E-state index in [0.29, 0.717) is 0 Å². The van der Waals surface area contributed by atoms with Crippen molar-refractivity contribution in [3.05, 3.63) is 0 Å². The summed E-state index contributed by atoms with van der Waals surface area (Å²) in [6.07, 6.45) is 2.02. The molecule has 0 aromatic heterocycles. The zero-order valence-corrected chi connectivity index (χ0v) is 15.7. The normalized spacial score (nSPS) is 19.8. The molecule has 0 aromatic rings. The molecule has 0 spiro atoms. The summed E-state index contributed by atoms with van der Waals surface area (Å²) in [7, 11) is 26.6. The summed E-state index contributed by atoms with van der Waals surface area (Å²) in [5, 5.41) is 0.